The molecule has 0 aromatic carbocycles. The minimum atomic E-state index is 0.380. The van der Waals surface area contributed by atoms with Gasteiger partial charge < -0.3 is 0 Å². The highest BCUT2D eigenvalue weighted by molar-refractivity contribution is 14.1. The summed E-state index contributed by atoms with van der Waals surface area (Å²) in [6.07, 6.45) is 0. The van der Waals surface area contributed by atoms with Gasteiger partial charge in [-0.3, -0.25) is 4.68 Å². The average Bonchev–Trinajstić information content (AvgIpc) is 2.27. The van der Waals surface area contributed by atoms with Crippen LogP contribution in [0.4, 0.5) is 0 Å². The predicted molar refractivity (Wildman–Crippen MR) is 54.7 cm³/mol. The smallest absolute Gasteiger partial charge is 0.151 e. The van der Waals surface area contributed by atoms with Crippen LogP contribution in [0.1, 0.15) is 31.2 Å². The third kappa shape index (κ3) is 1.46. The monoisotopic (exact) mass is 275 g/mol. The van der Waals surface area contributed by atoms with Crippen molar-refractivity contribution in [3.05, 3.63) is 15.0 Å². The third-order valence-electron chi connectivity index (χ3n) is 1.67. The Balaban J connectivity index is 3.29. The summed E-state index contributed by atoms with van der Waals surface area (Å²) in [5.74, 6) is 0.380. The molecule has 0 saturated carbocycles. The van der Waals surface area contributed by atoms with Crippen molar-refractivity contribution >= 4 is 22.6 Å². The number of nitriles is 1. The molecule has 64 valence electrons. The lowest BCUT2D eigenvalue weighted by Gasteiger charge is -1.97. The summed E-state index contributed by atoms with van der Waals surface area (Å²) in [4.78, 5) is 0. The molecule has 12 heavy (non-hydrogen) atoms. The first-order valence-corrected chi connectivity index (χ1v) is 4.78. The standard InChI is InChI=1S/C8H10IN3/c1-5(2)8-7(9)6(4-10)12(3)11-8/h5H,1-3H3. The summed E-state index contributed by atoms with van der Waals surface area (Å²) < 4.78 is 2.62. The molecule has 4 heteroatoms. The molecule has 1 aromatic heterocycles. The molecule has 1 aromatic rings. The summed E-state index contributed by atoms with van der Waals surface area (Å²) in [6, 6.07) is 2.13. The summed E-state index contributed by atoms with van der Waals surface area (Å²) in [6.45, 7) is 4.15. The van der Waals surface area contributed by atoms with Gasteiger partial charge in [0, 0.05) is 7.05 Å². The number of aryl methyl sites for hydroxylation is 1. The molecule has 0 aliphatic heterocycles. The first-order valence-electron chi connectivity index (χ1n) is 3.70. The molecule has 0 radical (unpaired) electrons. The molecule has 0 aliphatic rings. The van der Waals surface area contributed by atoms with Crippen molar-refractivity contribution in [1.29, 1.82) is 5.26 Å². The molecular weight excluding hydrogens is 265 g/mol. The second-order valence-electron chi connectivity index (χ2n) is 2.94. The van der Waals surface area contributed by atoms with Crippen LogP contribution in [0.5, 0.6) is 0 Å². The maximum Gasteiger partial charge on any atom is 0.151 e. The topological polar surface area (TPSA) is 41.6 Å². The van der Waals surface area contributed by atoms with Crippen molar-refractivity contribution in [2.24, 2.45) is 7.05 Å². The Morgan fingerprint density at radius 1 is 1.58 bits per heavy atom. The average molecular weight is 275 g/mol. The van der Waals surface area contributed by atoms with Crippen LogP contribution in [0.3, 0.4) is 0 Å². The summed E-state index contributed by atoms with van der Waals surface area (Å²) in [7, 11) is 1.80. The van der Waals surface area contributed by atoms with Crippen LogP contribution in [0.2, 0.25) is 0 Å². The Bertz CT molecular complexity index is 333. The fraction of sp³-hybridized carbons (Fsp3) is 0.500. The molecule has 0 aliphatic carbocycles. The minimum Gasteiger partial charge on any atom is -0.257 e. The van der Waals surface area contributed by atoms with Gasteiger partial charge in [0.1, 0.15) is 6.07 Å². The van der Waals surface area contributed by atoms with E-state index in [0.717, 1.165) is 9.26 Å². The highest BCUT2D eigenvalue weighted by Crippen LogP contribution is 2.22. The van der Waals surface area contributed by atoms with E-state index in [0.29, 0.717) is 11.6 Å². The van der Waals surface area contributed by atoms with Gasteiger partial charge in [-0.05, 0) is 28.5 Å². The Morgan fingerprint density at radius 3 is 2.42 bits per heavy atom. The molecular formula is C8H10IN3. The maximum absolute atomic E-state index is 8.78. The summed E-state index contributed by atoms with van der Waals surface area (Å²) in [5.41, 5.74) is 1.66. The van der Waals surface area contributed by atoms with E-state index in [1.165, 1.54) is 0 Å². The lowest BCUT2D eigenvalue weighted by atomic mass is 10.1. The molecule has 0 N–H and O–H groups in total. The molecule has 0 bridgehead atoms. The van der Waals surface area contributed by atoms with Gasteiger partial charge >= 0.3 is 0 Å². The number of hydrogen-bond acceptors (Lipinski definition) is 2. The summed E-state index contributed by atoms with van der Waals surface area (Å²) in [5, 5.41) is 13.0. The van der Waals surface area contributed by atoms with Crippen LogP contribution >= 0.6 is 22.6 Å². The van der Waals surface area contributed by atoms with E-state index in [1.807, 2.05) is 0 Å². The van der Waals surface area contributed by atoms with Gasteiger partial charge in [-0.15, -0.1) is 0 Å². The van der Waals surface area contributed by atoms with Crippen LogP contribution in [0, 0.1) is 14.9 Å². The highest BCUT2D eigenvalue weighted by atomic mass is 127. The van der Waals surface area contributed by atoms with Crippen molar-refractivity contribution < 1.29 is 0 Å². The number of hydrogen-bond donors (Lipinski definition) is 0. The van der Waals surface area contributed by atoms with Gasteiger partial charge in [-0.2, -0.15) is 10.4 Å². The van der Waals surface area contributed by atoms with Crippen molar-refractivity contribution in [3.63, 3.8) is 0 Å². The van der Waals surface area contributed by atoms with Crippen molar-refractivity contribution in [2.45, 2.75) is 19.8 Å². The molecule has 0 amide bonds. The number of nitrogens with zero attached hydrogens (tertiary/aromatic N) is 3. The summed E-state index contributed by atoms with van der Waals surface area (Å²) >= 11 is 2.17. The van der Waals surface area contributed by atoms with Crippen molar-refractivity contribution in [1.82, 2.24) is 9.78 Å². The van der Waals surface area contributed by atoms with Crippen molar-refractivity contribution in [2.75, 3.05) is 0 Å². The number of aromatic nitrogens is 2. The Hall–Kier alpha value is -0.570. The van der Waals surface area contributed by atoms with E-state index in [9.17, 15) is 0 Å². The third-order valence-corrected chi connectivity index (χ3v) is 2.73. The fourth-order valence-corrected chi connectivity index (χ4v) is 2.21. The van der Waals surface area contributed by atoms with E-state index in [-0.39, 0.29) is 0 Å². The molecule has 1 heterocycles. The Labute approximate surface area is 85.5 Å². The fourth-order valence-electron chi connectivity index (χ4n) is 1.01. The normalized spacial score (nSPS) is 10.3. The predicted octanol–water partition coefficient (Wildman–Crippen LogP) is 2.02. The number of rotatable bonds is 1. The van der Waals surface area contributed by atoms with Gasteiger partial charge in [0.25, 0.3) is 0 Å². The number of halogens is 1. The van der Waals surface area contributed by atoms with E-state index in [4.69, 9.17) is 5.26 Å². The Morgan fingerprint density at radius 2 is 2.17 bits per heavy atom. The van der Waals surface area contributed by atoms with Gasteiger partial charge in [0.05, 0.1) is 9.26 Å². The van der Waals surface area contributed by atoms with Gasteiger partial charge in [-0.25, -0.2) is 0 Å². The van der Waals surface area contributed by atoms with E-state index in [1.54, 1.807) is 11.7 Å². The van der Waals surface area contributed by atoms with Gasteiger partial charge in [0.2, 0.25) is 0 Å². The molecule has 1 rings (SSSR count). The molecule has 0 unspecified atom stereocenters. The molecule has 0 fully saturated rings. The molecule has 0 spiro atoms. The first-order chi connectivity index (χ1) is 5.57. The molecule has 0 atom stereocenters. The maximum atomic E-state index is 8.78. The quantitative estimate of drug-likeness (QED) is 0.736. The zero-order chi connectivity index (χ0) is 9.30. The van der Waals surface area contributed by atoms with Crippen LogP contribution < -0.4 is 0 Å². The minimum absolute atomic E-state index is 0.380. The van der Waals surface area contributed by atoms with Gasteiger partial charge in [-0.1, -0.05) is 13.8 Å². The van der Waals surface area contributed by atoms with Crippen LogP contribution in [-0.2, 0) is 7.05 Å². The second-order valence-corrected chi connectivity index (χ2v) is 4.02. The lowest BCUT2D eigenvalue weighted by molar-refractivity contribution is 0.706. The zero-order valence-electron chi connectivity index (χ0n) is 7.30. The van der Waals surface area contributed by atoms with E-state index in [2.05, 4.69) is 47.6 Å². The van der Waals surface area contributed by atoms with Crippen LogP contribution in [0.25, 0.3) is 0 Å². The first kappa shape index (κ1) is 9.52. The highest BCUT2D eigenvalue weighted by Gasteiger charge is 2.15. The molecule has 3 nitrogen and oxygen atoms in total. The molecule has 0 saturated heterocycles. The van der Waals surface area contributed by atoms with Crippen LogP contribution in [-0.4, -0.2) is 9.78 Å². The van der Waals surface area contributed by atoms with Crippen molar-refractivity contribution in [3.8, 4) is 6.07 Å². The van der Waals surface area contributed by atoms with E-state index >= 15 is 0 Å². The largest absolute Gasteiger partial charge is 0.257 e. The SMILES string of the molecule is CC(C)c1nn(C)c(C#N)c1I. The zero-order valence-corrected chi connectivity index (χ0v) is 9.45. The second kappa shape index (κ2) is 3.44. The Kier molecular flexibility index (Phi) is 2.73. The van der Waals surface area contributed by atoms with Crippen LogP contribution in [0.15, 0.2) is 0 Å². The lowest BCUT2D eigenvalue weighted by Crippen LogP contribution is -1.95. The van der Waals surface area contributed by atoms with Gasteiger partial charge in [0.15, 0.2) is 5.69 Å². The van der Waals surface area contributed by atoms with E-state index < -0.39 is 0 Å².